The summed E-state index contributed by atoms with van der Waals surface area (Å²) in [6.07, 6.45) is 2.59. The van der Waals surface area contributed by atoms with Crippen LogP contribution in [0.3, 0.4) is 0 Å². The molecule has 2 aromatic carbocycles. The Morgan fingerprint density at radius 2 is 1.88 bits per heavy atom. The molecule has 1 amide bonds. The van der Waals surface area contributed by atoms with Gasteiger partial charge < -0.3 is 4.90 Å². The maximum atomic E-state index is 14.1. The van der Waals surface area contributed by atoms with E-state index in [0.29, 0.717) is 5.56 Å². The number of benzene rings is 2. The minimum Gasteiger partial charge on any atom is -0.344 e. The third-order valence-electron chi connectivity index (χ3n) is 5.88. The topological polar surface area (TPSA) is 32.3 Å². The molecule has 0 aliphatic carbocycles. The summed E-state index contributed by atoms with van der Waals surface area (Å²) in [5.41, 5.74) is 1.87. The Kier molecular flexibility index (Phi) is 3.69. The van der Waals surface area contributed by atoms with Gasteiger partial charge in [0, 0.05) is 24.7 Å². The van der Waals surface area contributed by atoms with Gasteiger partial charge in [0.15, 0.2) is 0 Å². The van der Waals surface area contributed by atoms with E-state index in [0.717, 1.165) is 36.9 Å². The average Bonchev–Trinajstić information content (AvgIpc) is 3.11. The largest absolute Gasteiger partial charge is 0.344 e. The number of amides is 1. The molecule has 4 heteroatoms. The van der Waals surface area contributed by atoms with Crippen LogP contribution in [0.1, 0.15) is 31.7 Å². The smallest absolute Gasteiger partial charge is 0.242 e. The third kappa shape index (κ3) is 2.56. The molecular weight excluding hydrogens is 315 g/mol. The number of hydrogen-bond acceptors (Lipinski definition) is 2. The average molecular weight is 338 g/mol. The van der Waals surface area contributed by atoms with Crippen molar-refractivity contribution in [3.8, 4) is 11.1 Å². The third-order valence-corrected chi connectivity index (χ3v) is 5.88. The number of rotatable bonds is 2. The highest BCUT2D eigenvalue weighted by Gasteiger charge is 2.54. The van der Waals surface area contributed by atoms with E-state index in [1.807, 2.05) is 36.2 Å². The van der Waals surface area contributed by atoms with Gasteiger partial charge in [0.05, 0.1) is 0 Å². The first-order valence-corrected chi connectivity index (χ1v) is 8.84. The van der Waals surface area contributed by atoms with E-state index in [4.69, 9.17) is 0 Å². The number of carbonyl (C=O) groups excluding carboxylic acids is 1. The van der Waals surface area contributed by atoms with Crippen molar-refractivity contribution >= 4 is 5.91 Å². The van der Waals surface area contributed by atoms with Gasteiger partial charge in [0.2, 0.25) is 5.91 Å². The second-order valence-corrected chi connectivity index (χ2v) is 7.58. The van der Waals surface area contributed by atoms with Crippen molar-refractivity contribution in [1.82, 2.24) is 10.2 Å². The van der Waals surface area contributed by atoms with Gasteiger partial charge in [-0.05, 0) is 49.4 Å². The van der Waals surface area contributed by atoms with Crippen LogP contribution in [0, 0.1) is 5.82 Å². The van der Waals surface area contributed by atoms with Crippen molar-refractivity contribution in [3.63, 3.8) is 0 Å². The van der Waals surface area contributed by atoms with Gasteiger partial charge in [-0.15, -0.1) is 0 Å². The number of nitrogens with zero attached hydrogens (tertiary/aromatic N) is 1. The van der Waals surface area contributed by atoms with Crippen molar-refractivity contribution < 1.29 is 9.18 Å². The van der Waals surface area contributed by atoms with E-state index in [9.17, 15) is 9.18 Å². The summed E-state index contributed by atoms with van der Waals surface area (Å²) in [5, 5.41) is 3.65. The minimum absolute atomic E-state index is 0.196. The molecule has 4 rings (SSSR count). The van der Waals surface area contributed by atoms with Crippen molar-refractivity contribution in [3.05, 3.63) is 59.9 Å². The molecule has 3 nitrogen and oxygen atoms in total. The normalized spacial score (nSPS) is 28.9. The summed E-state index contributed by atoms with van der Waals surface area (Å²) >= 11 is 0. The molecule has 2 aliphatic rings. The summed E-state index contributed by atoms with van der Waals surface area (Å²) in [5.74, 6) is -0.0188. The van der Waals surface area contributed by atoms with E-state index < -0.39 is 5.54 Å². The lowest BCUT2D eigenvalue weighted by Crippen LogP contribution is -2.52. The summed E-state index contributed by atoms with van der Waals surface area (Å²) in [4.78, 5) is 14.4. The van der Waals surface area contributed by atoms with Crippen molar-refractivity contribution in [2.75, 3.05) is 13.6 Å². The zero-order valence-electron chi connectivity index (χ0n) is 14.7. The summed E-state index contributed by atoms with van der Waals surface area (Å²) in [6, 6.07) is 14.9. The number of halogens is 1. The Labute approximate surface area is 147 Å². The Bertz CT molecular complexity index is 836. The predicted octanol–water partition coefficient (Wildman–Crippen LogP) is 3.69. The zero-order valence-corrected chi connectivity index (χ0v) is 14.7. The number of likely N-dealkylation sites (tertiary alicyclic amines) is 1. The Morgan fingerprint density at radius 3 is 2.60 bits per heavy atom. The highest BCUT2D eigenvalue weighted by molar-refractivity contribution is 5.89. The molecule has 1 spiro atoms. The molecule has 0 unspecified atom stereocenters. The molecule has 2 aliphatic heterocycles. The second kappa shape index (κ2) is 5.67. The SMILES string of the molecule is CN1CC[C@@]2(CC[C@](C)(c3cccc(-c4ccccc4F)c3)N2)C1=O. The molecule has 2 atom stereocenters. The molecule has 130 valence electrons. The first-order valence-electron chi connectivity index (χ1n) is 8.84. The fraction of sp³-hybridized carbons (Fsp3) is 0.381. The van der Waals surface area contributed by atoms with E-state index in [1.54, 1.807) is 12.1 Å². The highest BCUT2D eigenvalue weighted by atomic mass is 19.1. The summed E-state index contributed by atoms with van der Waals surface area (Å²) < 4.78 is 14.1. The highest BCUT2D eigenvalue weighted by Crippen LogP contribution is 2.43. The lowest BCUT2D eigenvalue weighted by Gasteiger charge is -2.31. The van der Waals surface area contributed by atoms with Gasteiger partial charge in [-0.25, -0.2) is 4.39 Å². The molecule has 2 fully saturated rings. The van der Waals surface area contributed by atoms with Crippen LogP contribution in [0.25, 0.3) is 11.1 Å². The molecular formula is C21H23FN2O. The minimum atomic E-state index is -0.433. The maximum absolute atomic E-state index is 14.1. The number of hydrogen-bond donors (Lipinski definition) is 1. The van der Waals surface area contributed by atoms with Gasteiger partial charge in [-0.1, -0.05) is 36.4 Å². The number of nitrogens with one attached hydrogen (secondary N) is 1. The van der Waals surface area contributed by atoms with E-state index in [2.05, 4.69) is 18.3 Å². The van der Waals surface area contributed by atoms with Gasteiger partial charge in [-0.2, -0.15) is 0 Å². The number of carbonyl (C=O) groups is 1. The van der Waals surface area contributed by atoms with Crippen LogP contribution >= 0.6 is 0 Å². The van der Waals surface area contributed by atoms with Gasteiger partial charge in [0.1, 0.15) is 11.4 Å². The van der Waals surface area contributed by atoms with Crippen LogP contribution in [0.5, 0.6) is 0 Å². The number of likely N-dealkylation sites (N-methyl/N-ethyl adjacent to an activating group) is 1. The lowest BCUT2D eigenvalue weighted by atomic mass is 9.88. The molecule has 0 saturated carbocycles. The molecule has 1 N–H and O–H groups in total. The van der Waals surface area contributed by atoms with Crippen LogP contribution in [0.2, 0.25) is 0 Å². The van der Waals surface area contributed by atoms with E-state index in [1.165, 1.54) is 6.07 Å². The van der Waals surface area contributed by atoms with Gasteiger partial charge in [-0.3, -0.25) is 10.1 Å². The Balaban J connectivity index is 1.68. The lowest BCUT2D eigenvalue weighted by molar-refractivity contribution is -0.131. The Morgan fingerprint density at radius 1 is 1.08 bits per heavy atom. The second-order valence-electron chi connectivity index (χ2n) is 7.58. The quantitative estimate of drug-likeness (QED) is 0.906. The molecule has 25 heavy (non-hydrogen) atoms. The summed E-state index contributed by atoms with van der Waals surface area (Å²) in [7, 11) is 1.87. The van der Waals surface area contributed by atoms with Crippen LogP contribution in [0.4, 0.5) is 4.39 Å². The van der Waals surface area contributed by atoms with Gasteiger partial charge in [0.25, 0.3) is 0 Å². The maximum Gasteiger partial charge on any atom is 0.242 e. The van der Waals surface area contributed by atoms with Crippen LogP contribution < -0.4 is 5.32 Å². The van der Waals surface area contributed by atoms with E-state index in [-0.39, 0.29) is 17.3 Å². The first-order chi connectivity index (χ1) is 11.9. The van der Waals surface area contributed by atoms with Crippen molar-refractivity contribution in [1.29, 1.82) is 0 Å². The van der Waals surface area contributed by atoms with Crippen molar-refractivity contribution in [2.24, 2.45) is 0 Å². The van der Waals surface area contributed by atoms with Crippen LogP contribution in [0.15, 0.2) is 48.5 Å². The predicted molar refractivity (Wildman–Crippen MR) is 96.5 cm³/mol. The summed E-state index contributed by atoms with van der Waals surface area (Å²) in [6.45, 7) is 2.95. The standard InChI is InChI=1S/C21H23FN2O/c1-20(10-11-21(23-20)12-13-24(2)19(21)25)16-7-5-6-15(14-16)17-8-3-4-9-18(17)22/h3-9,14,23H,10-13H2,1-2H3/t20-,21+/m1/s1. The van der Waals surface area contributed by atoms with Crippen LogP contribution in [-0.4, -0.2) is 29.9 Å². The fourth-order valence-corrected chi connectivity index (χ4v) is 4.34. The van der Waals surface area contributed by atoms with Crippen molar-refractivity contribution in [2.45, 2.75) is 37.3 Å². The molecule has 2 heterocycles. The zero-order chi connectivity index (χ0) is 17.7. The van der Waals surface area contributed by atoms with Gasteiger partial charge >= 0.3 is 0 Å². The Hall–Kier alpha value is -2.20. The monoisotopic (exact) mass is 338 g/mol. The molecule has 0 bridgehead atoms. The molecule has 0 radical (unpaired) electrons. The molecule has 0 aromatic heterocycles. The van der Waals surface area contributed by atoms with E-state index >= 15 is 0 Å². The molecule has 2 saturated heterocycles. The molecule has 2 aromatic rings. The first kappa shape index (κ1) is 16.3. The fourth-order valence-electron chi connectivity index (χ4n) is 4.34. The van der Waals surface area contributed by atoms with Crippen LogP contribution in [-0.2, 0) is 10.3 Å².